The minimum absolute atomic E-state index is 0.957. The van der Waals surface area contributed by atoms with Gasteiger partial charge < -0.3 is 5.32 Å². The summed E-state index contributed by atoms with van der Waals surface area (Å²) in [6.45, 7) is 13.9. The van der Waals surface area contributed by atoms with Crippen LogP contribution >= 0.6 is 0 Å². The van der Waals surface area contributed by atoms with E-state index in [2.05, 4.69) is 50.6 Å². The Bertz CT molecular complexity index is 305. The topological polar surface area (TPSA) is 12.0 Å². The van der Waals surface area contributed by atoms with Gasteiger partial charge in [0.1, 0.15) is 0 Å². The van der Waals surface area contributed by atoms with Crippen molar-refractivity contribution in [3.8, 4) is 0 Å². The molecule has 0 rings (SSSR count). The fourth-order valence-corrected chi connectivity index (χ4v) is 1.45. The summed E-state index contributed by atoms with van der Waals surface area (Å²) in [6.07, 6.45) is 14.3. The average Bonchev–Trinajstić information content (AvgIpc) is 2.35. The third-order valence-corrected chi connectivity index (χ3v) is 2.45. The van der Waals surface area contributed by atoms with E-state index in [0.717, 1.165) is 31.5 Å². The van der Waals surface area contributed by atoms with Crippen LogP contribution < -0.4 is 5.32 Å². The maximum Gasteiger partial charge on any atom is 0.0134 e. The van der Waals surface area contributed by atoms with Gasteiger partial charge in [-0.1, -0.05) is 56.5 Å². The molecule has 0 aromatic rings. The van der Waals surface area contributed by atoms with Crippen molar-refractivity contribution in [1.82, 2.24) is 5.32 Å². The Balaban J connectivity index is 3.99. The van der Waals surface area contributed by atoms with Gasteiger partial charge in [-0.25, -0.2) is 0 Å². The maximum absolute atomic E-state index is 4.05. The second-order valence-electron chi connectivity index (χ2n) is 3.75. The van der Waals surface area contributed by atoms with Gasteiger partial charge in [0.2, 0.25) is 0 Å². The molecular formula is C16H25N. The lowest BCUT2D eigenvalue weighted by atomic mass is 10.0. The molecular weight excluding hydrogens is 206 g/mol. The zero-order valence-electron chi connectivity index (χ0n) is 11.2. The number of hydrogen-bond acceptors (Lipinski definition) is 1. The first kappa shape index (κ1) is 15.7. The van der Waals surface area contributed by atoms with Gasteiger partial charge in [-0.15, -0.1) is 0 Å². The summed E-state index contributed by atoms with van der Waals surface area (Å²) in [5.41, 5.74) is 2.38. The fourth-order valence-electron chi connectivity index (χ4n) is 1.45. The van der Waals surface area contributed by atoms with Crippen LogP contribution in [-0.4, -0.2) is 13.1 Å². The number of nitrogens with one attached hydrogen (secondary N) is 1. The molecule has 0 aromatic heterocycles. The highest BCUT2D eigenvalue weighted by molar-refractivity contribution is 5.38. The first-order valence-electron chi connectivity index (χ1n) is 6.25. The molecule has 17 heavy (non-hydrogen) atoms. The Morgan fingerprint density at radius 3 is 2.65 bits per heavy atom. The van der Waals surface area contributed by atoms with Gasteiger partial charge in [0, 0.05) is 6.54 Å². The van der Waals surface area contributed by atoms with Crippen LogP contribution in [0.25, 0.3) is 0 Å². The van der Waals surface area contributed by atoms with E-state index in [1.807, 2.05) is 12.2 Å². The Morgan fingerprint density at radius 1 is 1.29 bits per heavy atom. The maximum atomic E-state index is 4.05. The number of likely N-dealkylation sites (N-methyl/N-ethyl adjacent to an activating group) is 1. The van der Waals surface area contributed by atoms with E-state index in [4.69, 9.17) is 0 Å². The number of hydrogen-bond donors (Lipinski definition) is 1. The molecule has 0 aliphatic heterocycles. The predicted molar refractivity (Wildman–Crippen MR) is 79.2 cm³/mol. The molecule has 0 aliphatic rings. The van der Waals surface area contributed by atoms with Crippen molar-refractivity contribution < 1.29 is 0 Å². The van der Waals surface area contributed by atoms with Crippen LogP contribution in [0.3, 0.4) is 0 Å². The number of allylic oxidation sites excluding steroid dienone is 7. The van der Waals surface area contributed by atoms with Crippen molar-refractivity contribution in [2.24, 2.45) is 0 Å². The summed E-state index contributed by atoms with van der Waals surface area (Å²) < 4.78 is 0. The molecule has 94 valence electrons. The highest BCUT2D eigenvalue weighted by Crippen LogP contribution is 2.15. The van der Waals surface area contributed by atoms with E-state index in [1.54, 1.807) is 6.08 Å². The van der Waals surface area contributed by atoms with Crippen LogP contribution in [0.4, 0.5) is 0 Å². The lowest BCUT2D eigenvalue weighted by Gasteiger charge is -2.04. The lowest BCUT2D eigenvalue weighted by molar-refractivity contribution is 0.796. The zero-order valence-corrected chi connectivity index (χ0v) is 11.2. The summed E-state index contributed by atoms with van der Waals surface area (Å²) >= 11 is 0. The van der Waals surface area contributed by atoms with Crippen LogP contribution in [0.2, 0.25) is 0 Å². The van der Waals surface area contributed by atoms with Crippen molar-refractivity contribution in [1.29, 1.82) is 0 Å². The second-order valence-corrected chi connectivity index (χ2v) is 3.75. The third kappa shape index (κ3) is 8.47. The van der Waals surface area contributed by atoms with E-state index in [1.165, 1.54) is 5.57 Å². The molecule has 0 amide bonds. The lowest BCUT2D eigenvalue weighted by Crippen LogP contribution is -2.11. The van der Waals surface area contributed by atoms with Gasteiger partial charge in [-0.3, -0.25) is 0 Å². The molecule has 1 N–H and O–H groups in total. The van der Waals surface area contributed by atoms with E-state index in [-0.39, 0.29) is 0 Å². The summed E-state index contributed by atoms with van der Waals surface area (Å²) in [6, 6.07) is 0. The van der Waals surface area contributed by atoms with Gasteiger partial charge in [-0.2, -0.15) is 0 Å². The monoisotopic (exact) mass is 231 g/mol. The fraction of sp³-hybridized carbons (Fsp3) is 0.375. The van der Waals surface area contributed by atoms with Crippen molar-refractivity contribution in [3.05, 3.63) is 60.8 Å². The minimum atomic E-state index is 0.957. The van der Waals surface area contributed by atoms with E-state index in [0.29, 0.717) is 0 Å². The Labute approximate surface area is 106 Å². The van der Waals surface area contributed by atoms with Gasteiger partial charge in [0.25, 0.3) is 0 Å². The predicted octanol–water partition coefficient (Wildman–Crippen LogP) is 4.18. The Kier molecular flexibility index (Phi) is 10.3. The molecule has 0 spiro atoms. The standard InChI is InChI=1S/C16H25N/c1-5-8-12-15(4)16(6-2)13-10-9-11-14-17-7-3/h5-6,8-9,11-12,17H,1,4,7,10,13-14H2,2-3H3/b11-9-,12-8-,16-6-. The molecule has 0 unspecified atom stereocenters. The zero-order chi connectivity index (χ0) is 12.9. The third-order valence-electron chi connectivity index (χ3n) is 2.45. The minimum Gasteiger partial charge on any atom is -0.314 e. The summed E-state index contributed by atoms with van der Waals surface area (Å²) in [7, 11) is 0. The summed E-state index contributed by atoms with van der Waals surface area (Å²) in [5.74, 6) is 0. The molecule has 0 radical (unpaired) electrons. The van der Waals surface area contributed by atoms with Crippen molar-refractivity contribution in [3.63, 3.8) is 0 Å². The van der Waals surface area contributed by atoms with Crippen molar-refractivity contribution in [2.45, 2.75) is 26.7 Å². The quantitative estimate of drug-likeness (QED) is 0.357. The molecule has 0 aliphatic carbocycles. The van der Waals surface area contributed by atoms with E-state index in [9.17, 15) is 0 Å². The molecule has 0 heterocycles. The molecule has 0 saturated carbocycles. The smallest absolute Gasteiger partial charge is 0.0134 e. The van der Waals surface area contributed by atoms with Gasteiger partial charge in [0.15, 0.2) is 0 Å². The Hall–Kier alpha value is -1.34. The average molecular weight is 231 g/mol. The van der Waals surface area contributed by atoms with Crippen molar-refractivity contribution >= 4 is 0 Å². The van der Waals surface area contributed by atoms with E-state index < -0.39 is 0 Å². The highest BCUT2D eigenvalue weighted by Gasteiger charge is 1.96. The molecule has 1 heteroatoms. The summed E-state index contributed by atoms with van der Waals surface area (Å²) in [5, 5.41) is 3.26. The van der Waals surface area contributed by atoms with Crippen LogP contribution in [0.5, 0.6) is 0 Å². The van der Waals surface area contributed by atoms with Gasteiger partial charge >= 0.3 is 0 Å². The largest absolute Gasteiger partial charge is 0.314 e. The molecule has 0 bridgehead atoms. The van der Waals surface area contributed by atoms with Gasteiger partial charge in [-0.05, 0) is 37.5 Å². The first-order chi connectivity index (χ1) is 8.26. The molecule has 1 nitrogen and oxygen atoms in total. The van der Waals surface area contributed by atoms with Crippen LogP contribution in [-0.2, 0) is 0 Å². The summed E-state index contributed by atoms with van der Waals surface area (Å²) in [4.78, 5) is 0. The van der Waals surface area contributed by atoms with Crippen LogP contribution in [0.1, 0.15) is 26.7 Å². The SMILES string of the molecule is C=C/C=C\C(=C)/C(=C\C)CC/C=C\CNCC. The van der Waals surface area contributed by atoms with Gasteiger partial charge in [0.05, 0.1) is 0 Å². The van der Waals surface area contributed by atoms with Crippen LogP contribution in [0, 0.1) is 0 Å². The molecule has 0 fully saturated rings. The number of rotatable bonds is 9. The molecule has 0 atom stereocenters. The highest BCUT2D eigenvalue weighted by atomic mass is 14.8. The second kappa shape index (κ2) is 11.2. The normalized spacial score (nSPS) is 12.5. The molecule has 0 aromatic carbocycles. The first-order valence-corrected chi connectivity index (χ1v) is 6.25. The van der Waals surface area contributed by atoms with Crippen LogP contribution in [0.15, 0.2) is 60.8 Å². The van der Waals surface area contributed by atoms with Crippen molar-refractivity contribution in [2.75, 3.05) is 13.1 Å². The molecule has 0 saturated heterocycles. The Morgan fingerprint density at radius 2 is 2.06 bits per heavy atom. The van der Waals surface area contributed by atoms with E-state index >= 15 is 0 Å².